The zero-order valence-corrected chi connectivity index (χ0v) is 23.9. The maximum absolute atomic E-state index is 10.7. The fraction of sp³-hybridized carbons (Fsp3) is 0.516. The molecule has 5 rings (SSSR count). The van der Waals surface area contributed by atoms with Crippen LogP contribution in [0.4, 0.5) is 0 Å². The Kier molecular flexibility index (Phi) is 9.32. The molecule has 3 nitrogen and oxygen atoms in total. The molecule has 0 saturated heterocycles. The van der Waals surface area contributed by atoms with E-state index in [1.54, 1.807) is 0 Å². The predicted octanol–water partition coefficient (Wildman–Crippen LogP) is 7.06. The van der Waals surface area contributed by atoms with Gasteiger partial charge in [-0.1, -0.05) is 58.0 Å². The number of hydrogen-bond donors (Lipinski definition) is 2. The molecule has 1 heterocycles. The van der Waals surface area contributed by atoms with E-state index in [0.717, 1.165) is 49.8 Å². The molecule has 2 N–H and O–H groups in total. The number of aromatic nitrogens is 1. The first kappa shape index (κ1) is 28.0. The Morgan fingerprint density at radius 1 is 0.829 bits per heavy atom. The SMILES string of the molecule is CCC1(CC)CC2CC(CC)(CC)C(O)C2C1O.[Ir].[c-]1ccccc1-c1cc2ccccc2cn1. The molecule has 191 valence electrons. The number of aliphatic hydroxyl groups is 2. The maximum Gasteiger partial charge on any atom is 0.0651 e. The Balaban J connectivity index is 0.000000191. The van der Waals surface area contributed by atoms with Crippen LogP contribution in [-0.4, -0.2) is 27.4 Å². The summed E-state index contributed by atoms with van der Waals surface area (Å²) in [6.07, 6.45) is 7.69. The molecule has 2 atom stereocenters. The van der Waals surface area contributed by atoms with Gasteiger partial charge in [0.15, 0.2) is 0 Å². The number of benzene rings is 2. The van der Waals surface area contributed by atoms with Gasteiger partial charge < -0.3 is 15.2 Å². The van der Waals surface area contributed by atoms with Gasteiger partial charge in [-0.15, -0.1) is 35.9 Å². The third-order valence-corrected chi connectivity index (χ3v) is 9.30. The van der Waals surface area contributed by atoms with Crippen molar-refractivity contribution in [1.29, 1.82) is 0 Å². The molecule has 0 spiro atoms. The molecule has 1 aromatic heterocycles. The third kappa shape index (κ3) is 5.14. The Bertz CT molecular complexity index is 1050. The number of pyridine rings is 1. The van der Waals surface area contributed by atoms with E-state index >= 15 is 0 Å². The van der Waals surface area contributed by atoms with E-state index in [1.165, 1.54) is 10.8 Å². The number of hydrogen-bond acceptors (Lipinski definition) is 3. The van der Waals surface area contributed by atoms with Crippen molar-refractivity contribution < 1.29 is 30.3 Å². The van der Waals surface area contributed by atoms with Crippen LogP contribution in [0.25, 0.3) is 22.0 Å². The van der Waals surface area contributed by atoms with Crippen molar-refractivity contribution in [3.05, 3.63) is 66.9 Å². The first-order valence-electron chi connectivity index (χ1n) is 13.1. The maximum atomic E-state index is 10.7. The van der Waals surface area contributed by atoms with Crippen LogP contribution >= 0.6 is 0 Å². The summed E-state index contributed by atoms with van der Waals surface area (Å²) in [5.41, 5.74) is 2.15. The van der Waals surface area contributed by atoms with Gasteiger partial charge in [-0.25, -0.2) is 0 Å². The zero-order chi connectivity index (χ0) is 24.3. The van der Waals surface area contributed by atoms with Crippen LogP contribution in [0.2, 0.25) is 0 Å². The Labute approximate surface area is 224 Å². The first-order valence-corrected chi connectivity index (χ1v) is 13.1. The van der Waals surface area contributed by atoms with E-state index in [0.29, 0.717) is 5.92 Å². The van der Waals surface area contributed by atoms with Crippen molar-refractivity contribution in [2.75, 3.05) is 0 Å². The van der Waals surface area contributed by atoms with E-state index in [4.69, 9.17) is 0 Å². The quantitative estimate of drug-likeness (QED) is 0.291. The molecule has 0 amide bonds. The van der Waals surface area contributed by atoms with E-state index in [-0.39, 0.29) is 49.1 Å². The van der Waals surface area contributed by atoms with Gasteiger partial charge in [0.2, 0.25) is 0 Å². The van der Waals surface area contributed by atoms with Crippen molar-refractivity contribution in [3.8, 4) is 11.3 Å². The van der Waals surface area contributed by atoms with Crippen LogP contribution in [0.5, 0.6) is 0 Å². The monoisotopic (exact) mass is 651 g/mol. The van der Waals surface area contributed by atoms with Crippen LogP contribution in [0.1, 0.15) is 66.2 Å². The normalized spacial score (nSPS) is 25.9. The number of rotatable bonds is 5. The van der Waals surface area contributed by atoms with Crippen LogP contribution in [0.3, 0.4) is 0 Å². The molecule has 1 radical (unpaired) electrons. The smallest absolute Gasteiger partial charge is 0.0651 e. The van der Waals surface area contributed by atoms with Gasteiger partial charge in [-0.3, -0.25) is 0 Å². The van der Waals surface area contributed by atoms with E-state index in [1.807, 2.05) is 42.6 Å². The molecule has 2 aliphatic rings. The van der Waals surface area contributed by atoms with Gasteiger partial charge in [-0.2, -0.15) is 0 Å². The first-order chi connectivity index (χ1) is 16.4. The second-order valence-corrected chi connectivity index (χ2v) is 10.5. The van der Waals surface area contributed by atoms with Gasteiger partial charge in [0.05, 0.1) is 12.2 Å². The number of fused-ring (bicyclic) bond motifs is 2. The Hall–Kier alpha value is -1.58. The topological polar surface area (TPSA) is 53.4 Å². The molecule has 2 aromatic carbocycles. The van der Waals surface area contributed by atoms with E-state index in [9.17, 15) is 10.2 Å². The predicted molar refractivity (Wildman–Crippen MR) is 140 cm³/mol. The van der Waals surface area contributed by atoms with Crippen molar-refractivity contribution >= 4 is 10.8 Å². The summed E-state index contributed by atoms with van der Waals surface area (Å²) in [7, 11) is 0. The van der Waals surface area contributed by atoms with E-state index in [2.05, 4.69) is 56.9 Å². The number of nitrogens with zero attached hydrogens (tertiary/aromatic N) is 1. The summed E-state index contributed by atoms with van der Waals surface area (Å²) in [4.78, 5) is 4.45. The van der Waals surface area contributed by atoms with Crippen molar-refractivity contribution in [2.45, 2.75) is 78.4 Å². The minimum atomic E-state index is -0.299. The van der Waals surface area contributed by atoms with Gasteiger partial charge in [-0.05, 0) is 71.7 Å². The summed E-state index contributed by atoms with van der Waals surface area (Å²) in [5, 5.41) is 23.9. The molecular formula is C31H40IrNO2-. The van der Waals surface area contributed by atoms with Gasteiger partial charge in [0, 0.05) is 32.2 Å². The second kappa shape index (κ2) is 11.6. The molecule has 2 saturated carbocycles. The average molecular weight is 651 g/mol. The Morgan fingerprint density at radius 2 is 1.37 bits per heavy atom. The summed E-state index contributed by atoms with van der Waals surface area (Å²) in [6.45, 7) is 8.75. The van der Waals surface area contributed by atoms with E-state index < -0.39 is 0 Å². The van der Waals surface area contributed by atoms with Crippen molar-refractivity contribution in [3.63, 3.8) is 0 Å². The minimum Gasteiger partial charge on any atom is -0.392 e. The van der Waals surface area contributed by atoms with Gasteiger partial charge in [0.1, 0.15) is 0 Å². The van der Waals surface area contributed by atoms with Crippen LogP contribution < -0.4 is 0 Å². The molecule has 35 heavy (non-hydrogen) atoms. The summed E-state index contributed by atoms with van der Waals surface area (Å²) in [5.74, 6) is 0.666. The molecule has 0 bridgehead atoms. The molecule has 4 heteroatoms. The number of aliphatic hydroxyl groups excluding tert-OH is 2. The summed E-state index contributed by atoms with van der Waals surface area (Å²) >= 11 is 0. The molecule has 3 aromatic rings. The average Bonchev–Trinajstić information content (AvgIpc) is 3.34. The van der Waals surface area contributed by atoms with Crippen LogP contribution in [-0.2, 0) is 20.1 Å². The van der Waals surface area contributed by atoms with Gasteiger partial charge in [0.25, 0.3) is 0 Å². The summed E-state index contributed by atoms with van der Waals surface area (Å²) in [6, 6.07) is 21.4. The molecule has 0 aliphatic heterocycles. The second-order valence-electron chi connectivity index (χ2n) is 10.5. The van der Waals surface area contributed by atoms with Crippen LogP contribution in [0, 0.1) is 28.7 Å². The molecule has 2 aliphatic carbocycles. The van der Waals surface area contributed by atoms with Crippen LogP contribution in [0.15, 0.2) is 60.8 Å². The zero-order valence-electron chi connectivity index (χ0n) is 21.5. The Morgan fingerprint density at radius 3 is 1.86 bits per heavy atom. The fourth-order valence-electron chi connectivity index (χ4n) is 6.83. The minimum absolute atomic E-state index is 0. The third-order valence-electron chi connectivity index (χ3n) is 9.30. The molecule has 2 unspecified atom stereocenters. The van der Waals surface area contributed by atoms with Gasteiger partial charge >= 0.3 is 0 Å². The standard InChI is InChI=1S/C16H30O2.C15H10N.Ir/c1-5-15(6-2)9-11-10-16(7-3,8-4)14(18)12(11)13(15)17;1-2-6-12(7-3-1)15-10-13-8-4-5-9-14(13)11-16-15;/h11-14,17-18H,5-10H2,1-4H3;1-6,8-11H;/q;-1;. The fourth-order valence-corrected chi connectivity index (χ4v) is 6.83. The molecule has 2 fully saturated rings. The largest absolute Gasteiger partial charge is 0.392 e. The summed E-state index contributed by atoms with van der Waals surface area (Å²) < 4.78 is 0. The van der Waals surface area contributed by atoms with Crippen molar-refractivity contribution in [1.82, 2.24) is 4.98 Å². The van der Waals surface area contributed by atoms with Crippen molar-refractivity contribution in [2.24, 2.45) is 22.7 Å². The molecular weight excluding hydrogens is 611 g/mol.